The molecule has 0 aromatic heterocycles. The molecule has 4 nitrogen and oxygen atoms in total. The molecule has 0 N–H and O–H groups in total. The molecule has 4 aromatic carbocycles. The van der Waals surface area contributed by atoms with E-state index in [1.165, 1.54) is 48.5 Å². The van der Waals surface area contributed by atoms with E-state index in [0.29, 0.717) is 24.3 Å². The first-order valence-corrected chi connectivity index (χ1v) is 12.3. The second-order valence-corrected chi connectivity index (χ2v) is 10.9. The van der Waals surface area contributed by atoms with Crippen molar-refractivity contribution in [2.45, 2.75) is 6.61 Å². The summed E-state index contributed by atoms with van der Waals surface area (Å²) < 4.78 is 94.9. The van der Waals surface area contributed by atoms with Crippen LogP contribution in [0.15, 0.2) is 78.9 Å². The lowest BCUT2D eigenvalue weighted by Crippen LogP contribution is -2.72. The molecule has 36 heavy (non-hydrogen) atoms. The fraction of sp³-hybridized carbons (Fsp3) is 0.0400. The van der Waals surface area contributed by atoms with Crippen LogP contribution in [0.2, 0.25) is 0 Å². The Balaban J connectivity index is 2.09. The third-order valence-corrected chi connectivity index (χ3v) is 9.62. The smallest absolute Gasteiger partial charge is 0.300 e. The van der Waals surface area contributed by atoms with Gasteiger partial charge in [-0.15, -0.1) is 0 Å². The number of nitro benzene ring substituents is 1. The third-order valence-electron chi connectivity index (χ3n) is 5.53. The van der Waals surface area contributed by atoms with Crippen LogP contribution in [0.5, 0.6) is 0 Å². The summed E-state index contributed by atoms with van der Waals surface area (Å²) in [6.07, 6.45) is 0. The summed E-state index contributed by atoms with van der Waals surface area (Å²) in [5.41, 5.74) is -0.463. The largest absolute Gasteiger partial charge is 0.399 e. The van der Waals surface area contributed by atoms with Crippen molar-refractivity contribution in [3.8, 4) is 0 Å². The van der Waals surface area contributed by atoms with Gasteiger partial charge in [-0.2, -0.15) is 0 Å². The predicted molar refractivity (Wildman–Crippen MR) is 122 cm³/mol. The van der Waals surface area contributed by atoms with Crippen LogP contribution in [0.3, 0.4) is 0 Å². The molecule has 11 heteroatoms. The van der Waals surface area contributed by atoms with Crippen LogP contribution in [0.1, 0.15) is 5.56 Å². The molecule has 0 radical (unpaired) electrons. The van der Waals surface area contributed by atoms with Gasteiger partial charge in [0.25, 0.3) is 14.0 Å². The highest BCUT2D eigenvalue weighted by Gasteiger charge is 2.50. The van der Waals surface area contributed by atoms with Crippen LogP contribution >= 0.6 is 0 Å². The molecule has 0 unspecified atom stereocenters. The zero-order valence-electron chi connectivity index (χ0n) is 18.2. The van der Waals surface area contributed by atoms with Crippen molar-refractivity contribution >= 4 is 29.6 Å². The van der Waals surface area contributed by atoms with Gasteiger partial charge in [0.05, 0.1) is 17.1 Å². The minimum Gasteiger partial charge on any atom is -0.399 e. The minimum absolute atomic E-state index is 0.0545. The van der Waals surface area contributed by atoms with Crippen molar-refractivity contribution < 1.29 is 35.7 Å². The van der Waals surface area contributed by atoms with Gasteiger partial charge in [0, 0.05) is 40.7 Å². The standard InChI is InChI=1S/C25H15F6NO3Si/c26-16-10-19(28)24(20(29)11-16)36(18-7-2-1-3-8-18,25-21(30)12-17(27)13-22(25)31)35-14-15-6-4-5-9-23(15)32(33)34/h1-13H,14H2. The summed E-state index contributed by atoms with van der Waals surface area (Å²) in [5.74, 6) is -8.54. The molecule has 0 amide bonds. The zero-order valence-corrected chi connectivity index (χ0v) is 19.2. The van der Waals surface area contributed by atoms with E-state index in [0.717, 1.165) is 6.07 Å². The summed E-state index contributed by atoms with van der Waals surface area (Å²) in [6, 6.07) is 13.6. The van der Waals surface area contributed by atoms with E-state index in [9.17, 15) is 18.9 Å². The highest BCUT2D eigenvalue weighted by atomic mass is 28.4. The fourth-order valence-corrected chi connectivity index (χ4v) is 8.02. The van der Waals surface area contributed by atoms with Crippen molar-refractivity contribution in [3.05, 3.63) is 129 Å². The molecule has 0 aliphatic heterocycles. The number of halogens is 6. The number of hydrogen-bond donors (Lipinski definition) is 0. The molecule has 0 saturated carbocycles. The molecule has 0 heterocycles. The number of para-hydroxylation sites is 1. The summed E-state index contributed by atoms with van der Waals surface area (Å²) in [6.45, 7) is -0.704. The van der Waals surface area contributed by atoms with E-state index in [1.54, 1.807) is 0 Å². The average molecular weight is 519 g/mol. The van der Waals surface area contributed by atoms with Crippen molar-refractivity contribution in [2.24, 2.45) is 0 Å². The maximum absolute atomic E-state index is 15.3. The molecular formula is C25H15F6NO3Si. The van der Waals surface area contributed by atoms with E-state index >= 15 is 17.6 Å². The number of benzene rings is 4. The van der Waals surface area contributed by atoms with Crippen LogP contribution in [-0.2, 0) is 11.0 Å². The number of hydrogen-bond acceptors (Lipinski definition) is 3. The van der Waals surface area contributed by atoms with Gasteiger partial charge in [0.2, 0.25) is 0 Å². The summed E-state index contributed by atoms with van der Waals surface area (Å²) in [4.78, 5) is 10.8. The van der Waals surface area contributed by atoms with Gasteiger partial charge < -0.3 is 4.43 Å². The Morgan fingerprint density at radius 3 is 1.61 bits per heavy atom. The Hall–Kier alpha value is -3.96. The molecule has 0 aliphatic rings. The molecule has 4 rings (SSSR count). The minimum atomic E-state index is -4.94. The first-order chi connectivity index (χ1) is 17.1. The Labute approximate surface area is 201 Å². The van der Waals surface area contributed by atoms with Gasteiger partial charge >= 0.3 is 0 Å². The first-order valence-electron chi connectivity index (χ1n) is 10.4. The second kappa shape index (κ2) is 9.95. The van der Waals surface area contributed by atoms with Crippen LogP contribution in [0, 0.1) is 45.0 Å². The Morgan fingerprint density at radius 1 is 0.694 bits per heavy atom. The zero-order chi connectivity index (χ0) is 26.0. The fourth-order valence-electron chi connectivity index (χ4n) is 4.07. The van der Waals surface area contributed by atoms with E-state index in [2.05, 4.69) is 0 Å². The summed E-state index contributed by atoms with van der Waals surface area (Å²) in [5, 5.41) is 9.49. The average Bonchev–Trinajstić information content (AvgIpc) is 2.81. The monoisotopic (exact) mass is 519 g/mol. The highest BCUT2D eigenvalue weighted by molar-refractivity contribution is 7.07. The summed E-state index contributed by atoms with van der Waals surface area (Å²) in [7, 11) is -4.94. The van der Waals surface area contributed by atoms with Gasteiger partial charge in [0.1, 0.15) is 34.9 Å². The number of nitrogens with zero attached hydrogens (tertiary/aromatic N) is 1. The van der Waals surface area contributed by atoms with Gasteiger partial charge in [-0.25, -0.2) is 26.3 Å². The first kappa shape index (κ1) is 25.1. The molecule has 0 fully saturated rings. The number of nitro groups is 1. The van der Waals surface area contributed by atoms with Crippen LogP contribution in [-0.4, -0.2) is 13.2 Å². The van der Waals surface area contributed by atoms with Crippen molar-refractivity contribution in [1.29, 1.82) is 0 Å². The molecule has 184 valence electrons. The van der Waals surface area contributed by atoms with Crippen molar-refractivity contribution in [3.63, 3.8) is 0 Å². The quantitative estimate of drug-likeness (QED) is 0.118. The van der Waals surface area contributed by atoms with E-state index in [-0.39, 0.29) is 10.8 Å². The Bertz CT molecular complexity index is 1350. The van der Waals surface area contributed by atoms with Gasteiger partial charge in [-0.05, 0) is 11.3 Å². The second-order valence-electron chi connectivity index (χ2n) is 7.71. The van der Waals surface area contributed by atoms with Crippen molar-refractivity contribution in [1.82, 2.24) is 0 Å². The lowest BCUT2D eigenvalue weighted by Gasteiger charge is -2.34. The molecular weight excluding hydrogens is 504 g/mol. The Kier molecular flexibility index (Phi) is 6.95. The van der Waals surface area contributed by atoms with Gasteiger partial charge in [0.15, 0.2) is 0 Å². The van der Waals surface area contributed by atoms with Crippen LogP contribution in [0.4, 0.5) is 32.0 Å². The van der Waals surface area contributed by atoms with Gasteiger partial charge in [-0.3, -0.25) is 10.1 Å². The van der Waals surface area contributed by atoms with E-state index < -0.39 is 70.8 Å². The highest BCUT2D eigenvalue weighted by Crippen LogP contribution is 2.24. The molecule has 0 aliphatic carbocycles. The molecule has 0 saturated heterocycles. The number of rotatable bonds is 7. The van der Waals surface area contributed by atoms with Crippen molar-refractivity contribution in [2.75, 3.05) is 0 Å². The Morgan fingerprint density at radius 2 is 1.14 bits per heavy atom. The van der Waals surface area contributed by atoms with Crippen LogP contribution < -0.4 is 15.6 Å². The molecule has 0 bridgehead atoms. The molecule has 4 aromatic rings. The van der Waals surface area contributed by atoms with E-state index in [1.807, 2.05) is 0 Å². The maximum Gasteiger partial charge on any atom is 0.300 e. The summed E-state index contributed by atoms with van der Waals surface area (Å²) >= 11 is 0. The molecule has 0 spiro atoms. The van der Waals surface area contributed by atoms with Crippen LogP contribution in [0.25, 0.3) is 0 Å². The lowest BCUT2D eigenvalue weighted by atomic mass is 10.2. The third kappa shape index (κ3) is 4.50. The predicted octanol–water partition coefficient (Wildman–Crippen LogP) is 4.61. The van der Waals surface area contributed by atoms with Gasteiger partial charge in [-0.1, -0.05) is 42.5 Å². The maximum atomic E-state index is 15.3. The molecule has 0 atom stereocenters. The normalized spacial score (nSPS) is 11.5. The lowest BCUT2D eigenvalue weighted by molar-refractivity contribution is -0.385. The topological polar surface area (TPSA) is 52.4 Å². The van der Waals surface area contributed by atoms with E-state index in [4.69, 9.17) is 4.43 Å². The SMILES string of the molecule is O=[N+]([O-])c1ccccc1CO[Si](c1ccccc1)(c1c(F)cc(F)cc1F)c1c(F)cc(F)cc1F.